The highest BCUT2D eigenvalue weighted by Gasteiger charge is 2.29. The number of anilines is 2. The molecular formula is C40H44N14O3. The Hall–Kier alpha value is -6.98. The second-order valence-corrected chi connectivity index (χ2v) is 14.1. The molecule has 0 aromatic carbocycles. The number of carboxylic acid groups (broad SMARTS) is 1. The van der Waals surface area contributed by atoms with Gasteiger partial charge in [0.15, 0.2) is 0 Å². The Kier molecular flexibility index (Phi) is 13.3. The maximum atomic E-state index is 12.2. The van der Waals surface area contributed by atoms with E-state index in [4.69, 9.17) is 15.6 Å². The maximum absolute atomic E-state index is 12.2. The van der Waals surface area contributed by atoms with Gasteiger partial charge in [0.2, 0.25) is 5.91 Å². The van der Waals surface area contributed by atoms with Crippen molar-refractivity contribution in [3.05, 3.63) is 74.1 Å². The predicted octanol–water partition coefficient (Wildman–Crippen LogP) is 5.00. The van der Waals surface area contributed by atoms with Crippen molar-refractivity contribution in [2.45, 2.75) is 51.6 Å². The number of carboxylic acids is 1. The number of aliphatic carboxylic acids is 1. The van der Waals surface area contributed by atoms with E-state index in [2.05, 4.69) is 75.7 Å². The summed E-state index contributed by atoms with van der Waals surface area (Å²) >= 11 is 0. The van der Waals surface area contributed by atoms with E-state index in [1.165, 1.54) is 12.4 Å². The minimum absolute atomic E-state index is 0.0764. The fourth-order valence-electron chi connectivity index (χ4n) is 7.20. The first kappa shape index (κ1) is 39.7. The number of amides is 1. The fraction of sp³-hybridized carbons (Fsp3) is 0.350. The summed E-state index contributed by atoms with van der Waals surface area (Å²) in [5, 5.41) is 37.1. The average Bonchev–Trinajstić information content (AvgIpc) is 3.90. The SMILES string of the molecule is C[C@@H]1C[C@H](Nc2c(-c3ccncn3)cnc3[nH]ccc23)CN(C(=O)CC#N)C1.C[C@H]1CNC[C@@H](Nc2c(-c3ccncn3)cnc3[nH]ccc23)C1.N#CCC(=O)O. The molecule has 0 unspecified atom stereocenters. The lowest BCUT2D eigenvalue weighted by Crippen LogP contribution is -2.48. The second kappa shape index (κ2) is 19.1. The molecule has 0 aliphatic carbocycles. The van der Waals surface area contributed by atoms with Crippen LogP contribution in [0.5, 0.6) is 0 Å². The van der Waals surface area contributed by atoms with E-state index < -0.39 is 12.4 Å². The van der Waals surface area contributed by atoms with Gasteiger partial charge in [0.1, 0.15) is 36.8 Å². The number of likely N-dealkylation sites (tertiary alicyclic amines) is 1. The van der Waals surface area contributed by atoms with Crippen LogP contribution in [0.25, 0.3) is 44.6 Å². The first-order valence-electron chi connectivity index (χ1n) is 18.7. The maximum Gasteiger partial charge on any atom is 0.317 e. The van der Waals surface area contributed by atoms with Crippen molar-refractivity contribution in [1.29, 1.82) is 10.5 Å². The van der Waals surface area contributed by atoms with Crippen LogP contribution in [0.1, 0.15) is 39.5 Å². The van der Waals surface area contributed by atoms with E-state index in [0.29, 0.717) is 31.0 Å². The predicted molar refractivity (Wildman–Crippen MR) is 214 cm³/mol. The number of aromatic amines is 2. The average molecular weight is 769 g/mol. The third-order valence-corrected chi connectivity index (χ3v) is 9.63. The zero-order chi connectivity index (χ0) is 40.1. The number of pyridine rings is 2. The molecule has 8 heterocycles. The van der Waals surface area contributed by atoms with Gasteiger partial charge >= 0.3 is 5.97 Å². The van der Waals surface area contributed by atoms with E-state index in [1.807, 2.05) is 42.9 Å². The van der Waals surface area contributed by atoms with Crippen molar-refractivity contribution >= 4 is 45.3 Å². The molecule has 6 N–H and O–H groups in total. The van der Waals surface area contributed by atoms with E-state index in [1.54, 1.807) is 29.8 Å². The number of aromatic nitrogens is 8. The van der Waals surface area contributed by atoms with E-state index in [0.717, 1.165) is 81.9 Å². The summed E-state index contributed by atoms with van der Waals surface area (Å²) in [6.07, 6.45) is 15.6. The minimum Gasteiger partial charge on any atom is -0.480 e. The standard InChI is InChI=1S/C20H21N7O.C17H20N6.C3H3NO2/c1-13-8-14(11-27(10-13)18(28)2-5-21)26-19-15-3-7-23-20(15)24-9-16(19)17-4-6-22-12-25-17;1-11-6-12(8-19-7-11)23-16-13-2-5-20-17(13)21-9-14(16)15-3-4-18-10-22-15;4-2-1-3(5)6/h3-4,6-7,9,12-14H,2,8,10-11H2,1H3,(H2,23,24,26);2-5,9-12,19H,6-8H2,1H3,(H2,20,21,23);1H2,(H,5,6)/t13-,14+;11-,12+;/m11./s1. The van der Waals surface area contributed by atoms with Gasteiger partial charge < -0.3 is 35.9 Å². The van der Waals surface area contributed by atoms with E-state index in [-0.39, 0.29) is 18.4 Å². The first-order valence-corrected chi connectivity index (χ1v) is 18.7. The molecule has 17 nitrogen and oxygen atoms in total. The van der Waals surface area contributed by atoms with Crippen molar-refractivity contribution < 1.29 is 14.7 Å². The number of carbonyl (C=O) groups excluding carboxylic acids is 1. The molecule has 6 aromatic heterocycles. The van der Waals surface area contributed by atoms with Crippen LogP contribution < -0.4 is 16.0 Å². The Bertz CT molecular complexity index is 2350. The second-order valence-electron chi connectivity index (χ2n) is 14.1. The molecule has 2 aliphatic heterocycles. The number of hydrogen-bond donors (Lipinski definition) is 6. The number of piperidine rings is 2. The quantitative estimate of drug-likeness (QED) is 0.119. The Morgan fingerprint density at radius 3 is 1.82 bits per heavy atom. The van der Waals surface area contributed by atoms with Crippen molar-refractivity contribution in [2.24, 2.45) is 11.8 Å². The number of hydrogen-bond acceptors (Lipinski definition) is 13. The molecule has 17 heteroatoms. The lowest BCUT2D eigenvalue weighted by Gasteiger charge is -2.37. The lowest BCUT2D eigenvalue weighted by molar-refractivity contribution is -0.136. The van der Waals surface area contributed by atoms with Crippen molar-refractivity contribution in [3.63, 3.8) is 0 Å². The van der Waals surface area contributed by atoms with E-state index >= 15 is 0 Å². The summed E-state index contributed by atoms with van der Waals surface area (Å²) in [4.78, 5) is 55.5. The van der Waals surface area contributed by atoms with E-state index in [9.17, 15) is 9.59 Å². The molecule has 0 bridgehead atoms. The van der Waals surface area contributed by atoms with Crippen LogP contribution in [-0.2, 0) is 9.59 Å². The number of H-pyrrole nitrogens is 2. The van der Waals surface area contributed by atoms with Crippen LogP contribution in [0, 0.1) is 34.5 Å². The molecule has 6 aromatic rings. The summed E-state index contributed by atoms with van der Waals surface area (Å²) < 4.78 is 0. The molecule has 0 radical (unpaired) electrons. The van der Waals surface area contributed by atoms with Crippen molar-refractivity contribution in [3.8, 4) is 34.7 Å². The van der Waals surface area contributed by atoms with Gasteiger partial charge in [0.05, 0.1) is 34.9 Å². The number of nitrogens with zero attached hydrogens (tertiary/aromatic N) is 9. The molecule has 2 saturated heterocycles. The molecule has 57 heavy (non-hydrogen) atoms. The zero-order valence-corrected chi connectivity index (χ0v) is 31.7. The largest absolute Gasteiger partial charge is 0.480 e. The Morgan fingerprint density at radius 1 is 0.772 bits per heavy atom. The lowest BCUT2D eigenvalue weighted by atomic mass is 9.95. The number of rotatable bonds is 8. The molecule has 4 atom stereocenters. The molecule has 0 saturated carbocycles. The molecule has 0 spiro atoms. The van der Waals surface area contributed by atoms with Crippen LogP contribution >= 0.6 is 0 Å². The van der Waals surface area contributed by atoms with Gasteiger partial charge in [-0.15, -0.1) is 0 Å². The Morgan fingerprint density at radius 2 is 1.33 bits per heavy atom. The van der Waals surface area contributed by atoms with Gasteiger partial charge in [0, 0.05) is 90.8 Å². The van der Waals surface area contributed by atoms with Gasteiger partial charge in [-0.05, 0) is 55.5 Å². The van der Waals surface area contributed by atoms with Crippen molar-refractivity contribution in [1.82, 2.24) is 50.1 Å². The molecule has 292 valence electrons. The monoisotopic (exact) mass is 768 g/mol. The van der Waals surface area contributed by atoms with Crippen molar-refractivity contribution in [2.75, 3.05) is 36.8 Å². The normalized spacial score (nSPS) is 18.8. The van der Waals surface area contributed by atoms with Crippen LogP contribution in [0.15, 0.2) is 74.1 Å². The van der Waals surface area contributed by atoms with Gasteiger partial charge in [-0.25, -0.2) is 29.9 Å². The smallest absolute Gasteiger partial charge is 0.317 e. The molecule has 8 rings (SSSR count). The van der Waals surface area contributed by atoms with Gasteiger partial charge in [0.25, 0.3) is 0 Å². The number of fused-ring (bicyclic) bond motifs is 2. The Labute approximate surface area is 329 Å². The number of nitrogens with one attached hydrogen (secondary N) is 5. The summed E-state index contributed by atoms with van der Waals surface area (Å²) in [5.41, 5.74) is 7.29. The third-order valence-electron chi connectivity index (χ3n) is 9.63. The zero-order valence-electron chi connectivity index (χ0n) is 31.7. The highest BCUT2D eigenvalue weighted by molar-refractivity contribution is 5.98. The van der Waals surface area contributed by atoms with Crippen LogP contribution in [-0.4, -0.2) is 100 Å². The molecule has 1 amide bonds. The number of carbonyl (C=O) groups is 2. The van der Waals surface area contributed by atoms with Gasteiger partial charge in [-0.3, -0.25) is 9.59 Å². The van der Waals surface area contributed by atoms with Gasteiger partial charge in [-0.1, -0.05) is 13.8 Å². The Balaban J connectivity index is 0.000000171. The van der Waals surface area contributed by atoms with Crippen LogP contribution in [0.3, 0.4) is 0 Å². The first-order chi connectivity index (χ1) is 27.7. The topological polar surface area (TPSA) is 250 Å². The van der Waals surface area contributed by atoms with Crippen LogP contribution in [0.4, 0.5) is 11.4 Å². The fourth-order valence-corrected chi connectivity index (χ4v) is 7.20. The summed E-state index contributed by atoms with van der Waals surface area (Å²) in [7, 11) is 0. The molecule has 2 fully saturated rings. The highest BCUT2D eigenvalue weighted by atomic mass is 16.4. The van der Waals surface area contributed by atoms with Crippen LogP contribution in [0.2, 0.25) is 0 Å². The molecule has 2 aliphatic rings. The molecular weight excluding hydrogens is 725 g/mol. The van der Waals surface area contributed by atoms with Gasteiger partial charge in [-0.2, -0.15) is 10.5 Å². The highest BCUT2D eigenvalue weighted by Crippen LogP contribution is 2.35. The third kappa shape index (κ3) is 10.2. The summed E-state index contributed by atoms with van der Waals surface area (Å²) in [6, 6.07) is 11.7. The summed E-state index contributed by atoms with van der Waals surface area (Å²) in [5.74, 6) is -0.164. The summed E-state index contributed by atoms with van der Waals surface area (Å²) in [6.45, 7) is 7.74. The number of nitriles is 2. The minimum atomic E-state index is -1.07.